The molecular weight excluding hydrogens is 438 g/mol. The van der Waals surface area contributed by atoms with Crippen LogP contribution < -0.4 is 14.2 Å². The molecule has 0 saturated carbocycles. The van der Waals surface area contributed by atoms with E-state index in [1.54, 1.807) is 30.3 Å². The zero-order chi connectivity index (χ0) is 23.4. The van der Waals surface area contributed by atoms with Crippen LogP contribution in [-0.4, -0.2) is 63.3 Å². The summed E-state index contributed by atoms with van der Waals surface area (Å²) in [5.41, 5.74) is 0.676. The van der Waals surface area contributed by atoms with E-state index in [0.717, 1.165) is 0 Å². The molecule has 2 aromatic carbocycles. The number of carbonyl (C=O) groups is 2. The predicted molar refractivity (Wildman–Crippen MR) is 118 cm³/mol. The molecule has 1 aliphatic rings. The smallest absolute Gasteiger partial charge is 0.295 e. The fourth-order valence-electron chi connectivity index (χ4n) is 3.72. The Bertz CT molecular complexity index is 1070. The summed E-state index contributed by atoms with van der Waals surface area (Å²) in [7, 11) is 5.92. The van der Waals surface area contributed by atoms with Crippen molar-refractivity contribution in [3.8, 4) is 17.2 Å². The summed E-state index contributed by atoms with van der Waals surface area (Å²) in [6.45, 7) is 0.330. The average molecular weight is 462 g/mol. The van der Waals surface area contributed by atoms with Crippen molar-refractivity contribution in [3.05, 3.63) is 58.1 Å². The number of likely N-dealkylation sites (tertiary alicyclic amines) is 1. The monoisotopic (exact) mass is 461 g/mol. The van der Waals surface area contributed by atoms with Crippen molar-refractivity contribution in [1.29, 1.82) is 0 Å². The first-order valence-corrected chi connectivity index (χ1v) is 10.1. The lowest BCUT2D eigenvalue weighted by molar-refractivity contribution is -0.140. The van der Waals surface area contributed by atoms with E-state index in [0.29, 0.717) is 22.8 Å². The van der Waals surface area contributed by atoms with Crippen LogP contribution in [0.5, 0.6) is 17.2 Å². The number of ether oxygens (including phenoxy) is 4. The van der Waals surface area contributed by atoms with Gasteiger partial charge < -0.3 is 29.0 Å². The minimum Gasteiger partial charge on any atom is -0.507 e. The summed E-state index contributed by atoms with van der Waals surface area (Å²) in [4.78, 5) is 27.3. The molecule has 0 bridgehead atoms. The van der Waals surface area contributed by atoms with Crippen LogP contribution in [0.3, 0.4) is 0 Å². The Balaban J connectivity index is 2.25. The highest BCUT2D eigenvalue weighted by atomic mass is 35.5. The van der Waals surface area contributed by atoms with Crippen molar-refractivity contribution in [2.24, 2.45) is 0 Å². The number of carbonyl (C=O) groups excluding carboxylic acids is 2. The van der Waals surface area contributed by atoms with Gasteiger partial charge in [0.1, 0.15) is 11.5 Å². The molecule has 1 heterocycles. The molecule has 3 rings (SSSR count). The Labute approximate surface area is 190 Å². The van der Waals surface area contributed by atoms with Gasteiger partial charge in [-0.3, -0.25) is 9.59 Å². The molecule has 0 radical (unpaired) electrons. The van der Waals surface area contributed by atoms with Crippen molar-refractivity contribution in [2.45, 2.75) is 6.04 Å². The van der Waals surface area contributed by atoms with E-state index in [-0.39, 0.29) is 35.1 Å². The number of hydrogen-bond acceptors (Lipinski definition) is 7. The van der Waals surface area contributed by atoms with E-state index in [1.807, 2.05) is 0 Å². The maximum absolute atomic E-state index is 13.1. The second-order valence-corrected chi connectivity index (χ2v) is 7.32. The van der Waals surface area contributed by atoms with Gasteiger partial charge in [0.05, 0.1) is 44.6 Å². The number of methoxy groups -OCH3 is 4. The molecule has 2 aromatic rings. The Hall–Kier alpha value is -3.23. The quantitative estimate of drug-likeness (QED) is 0.365. The first kappa shape index (κ1) is 23.4. The maximum Gasteiger partial charge on any atom is 0.295 e. The lowest BCUT2D eigenvalue weighted by Crippen LogP contribution is -2.32. The number of ketones is 1. The van der Waals surface area contributed by atoms with Crippen molar-refractivity contribution in [3.63, 3.8) is 0 Å². The zero-order valence-corrected chi connectivity index (χ0v) is 18.9. The summed E-state index contributed by atoms with van der Waals surface area (Å²) in [6, 6.07) is 8.81. The zero-order valence-electron chi connectivity index (χ0n) is 18.2. The number of amides is 1. The fraction of sp³-hybridized carbons (Fsp3) is 0.304. The topological polar surface area (TPSA) is 94.5 Å². The minimum atomic E-state index is -0.920. The molecule has 1 saturated heterocycles. The summed E-state index contributed by atoms with van der Waals surface area (Å²) in [6.07, 6.45) is 0. The van der Waals surface area contributed by atoms with Crippen molar-refractivity contribution >= 4 is 29.1 Å². The summed E-state index contributed by atoms with van der Waals surface area (Å²) in [5.74, 6) is -0.742. The van der Waals surface area contributed by atoms with Crippen LogP contribution in [0.4, 0.5) is 0 Å². The van der Waals surface area contributed by atoms with E-state index < -0.39 is 17.7 Å². The van der Waals surface area contributed by atoms with Gasteiger partial charge in [-0.1, -0.05) is 23.7 Å². The van der Waals surface area contributed by atoms with E-state index in [1.165, 1.54) is 39.4 Å². The molecule has 1 unspecified atom stereocenters. The fourth-order valence-corrected chi connectivity index (χ4v) is 3.98. The SMILES string of the molecule is COCCN1C(=O)C(=O)/C(=C(/O)c2ccc(OC)c(Cl)c2)C1c1cccc(OC)c1OC. The highest BCUT2D eigenvalue weighted by Crippen LogP contribution is 2.45. The number of aliphatic hydroxyl groups excluding tert-OH is 1. The summed E-state index contributed by atoms with van der Waals surface area (Å²) in [5, 5.41) is 11.4. The molecule has 32 heavy (non-hydrogen) atoms. The maximum atomic E-state index is 13.1. The number of halogens is 1. The molecule has 9 heteroatoms. The van der Waals surface area contributed by atoms with E-state index >= 15 is 0 Å². The third kappa shape index (κ3) is 4.11. The lowest BCUT2D eigenvalue weighted by Gasteiger charge is -2.27. The van der Waals surface area contributed by atoms with E-state index in [2.05, 4.69) is 0 Å². The second-order valence-electron chi connectivity index (χ2n) is 6.92. The number of hydrogen-bond donors (Lipinski definition) is 1. The van der Waals surface area contributed by atoms with Crippen LogP contribution in [0.2, 0.25) is 5.02 Å². The molecule has 1 aliphatic heterocycles. The molecule has 170 valence electrons. The van der Waals surface area contributed by atoms with Gasteiger partial charge in [-0.05, 0) is 24.3 Å². The number of nitrogens with zero attached hydrogens (tertiary/aromatic N) is 1. The minimum absolute atomic E-state index is 0.0844. The van der Waals surface area contributed by atoms with Gasteiger partial charge in [-0.2, -0.15) is 0 Å². The summed E-state index contributed by atoms with van der Waals surface area (Å²) >= 11 is 6.21. The molecule has 1 fully saturated rings. The molecule has 1 amide bonds. The predicted octanol–water partition coefficient (Wildman–Crippen LogP) is 3.43. The van der Waals surface area contributed by atoms with Crippen molar-refractivity contribution in [2.75, 3.05) is 41.6 Å². The second kappa shape index (κ2) is 9.93. The van der Waals surface area contributed by atoms with Gasteiger partial charge >= 0.3 is 0 Å². The van der Waals surface area contributed by atoms with Gasteiger partial charge in [-0.15, -0.1) is 0 Å². The normalized spacial score (nSPS) is 17.5. The number of rotatable bonds is 8. The van der Waals surface area contributed by atoms with E-state index in [4.69, 9.17) is 30.5 Å². The van der Waals surface area contributed by atoms with Gasteiger partial charge in [0, 0.05) is 24.8 Å². The van der Waals surface area contributed by atoms with Crippen LogP contribution >= 0.6 is 11.6 Å². The molecule has 8 nitrogen and oxygen atoms in total. The van der Waals surface area contributed by atoms with E-state index in [9.17, 15) is 14.7 Å². The lowest BCUT2D eigenvalue weighted by atomic mass is 9.94. The highest BCUT2D eigenvalue weighted by Gasteiger charge is 2.47. The molecule has 0 spiro atoms. The van der Waals surface area contributed by atoms with Gasteiger partial charge in [0.2, 0.25) is 0 Å². The number of benzene rings is 2. The van der Waals surface area contributed by atoms with Gasteiger partial charge in [0.25, 0.3) is 11.7 Å². The third-order valence-electron chi connectivity index (χ3n) is 5.23. The highest BCUT2D eigenvalue weighted by molar-refractivity contribution is 6.46. The van der Waals surface area contributed by atoms with Crippen LogP contribution in [-0.2, 0) is 14.3 Å². The van der Waals surface area contributed by atoms with Crippen LogP contribution in [0, 0.1) is 0 Å². The van der Waals surface area contributed by atoms with Crippen LogP contribution in [0.15, 0.2) is 42.0 Å². The average Bonchev–Trinajstić information content (AvgIpc) is 3.06. The molecule has 1 N–H and O–H groups in total. The Morgan fingerprint density at radius 2 is 1.75 bits per heavy atom. The molecular formula is C23H24ClNO7. The molecule has 0 aliphatic carbocycles. The molecule has 0 aromatic heterocycles. The van der Waals surface area contributed by atoms with Crippen LogP contribution in [0.25, 0.3) is 5.76 Å². The largest absolute Gasteiger partial charge is 0.507 e. The summed E-state index contributed by atoms with van der Waals surface area (Å²) < 4.78 is 21.2. The Morgan fingerprint density at radius 1 is 1.03 bits per heavy atom. The first-order chi connectivity index (χ1) is 15.4. The van der Waals surface area contributed by atoms with Crippen molar-refractivity contribution in [1.82, 2.24) is 4.90 Å². The number of Topliss-reactive ketones (excluding diaryl/α,β-unsaturated/α-hetero) is 1. The van der Waals surface area contributed by atoms with Gasteiger partial charge in [0.15, 0.2) is 11.5 Å². The number of para-hydroxylation sites is 1. The Morgan fingerprint density at radius 3 is 2.34 bits per heavy atom. The standard InChI is InChI=1S/C23H24ClNO7/c1-29-11-10-25-19(14-6-5-7-17(31-3)22(14)32-4)18(21(27)23(25)28)20(26)13-8-9-16(30-2)15(24)12-13/h5-9,12,19,26H,10-11H2,1-4H3/b20-18+. The third-order valence-corrected chi connectivity index (χ3v) is 5.52. The number of aliphatic hydroxyl groups is 1. The van der Waals surface area contributed by atoms with Crippen LogP contribution in [0.1, 0.15) is 17.2 Å². The molecule has 1 atom stereocenters. The Kier molecular flexibility index (Phi) is 7.27. The van der Waals surface area contributed by atoms with Crippen molar-refractivity contribution < 1.29 is 33.6 Å². The first-order valence-electron chi connectivity index (χ1n) is 9.71. The van der Waals surface area contributed by atoms with Gasteiger partial charge in [-0.25, -0.2) is 0 Å².